The van der Waals surface area contributed by atoms with Crippen LogP contribution in [0.3, 0.4) is 0 Å². The molecule has 0 saturated carbocycles. The quantitative estimate of drug-likeness (QED) is 0.746. The van der Waals surface area contributed by atoms with Crippen molar-refractivity contribution in [2.45, 2.75) is 13.8 Å². The van der Waals surface area contributed by atoms with Crippen molar-refractivity contribution in [3.05, 3.63) is 29.6 Å². The van der Waals surface area contributed by atoms with E-state index in [4.69, 9.17) is 5.73 Å². The molecule has 0 aliphatic rings. The monoisotopic (exact) mass is 288 g/mol. The Morgan fingerprint density at radius 1 is 1.43 bits per heavy atom. The van der Waals surface area contributed by atoms with Crippen molar-refractivity contribution >= 4 is 11.8 Å². The Morgan fingerprint density at radius 3 is 2.81 bits per heavy atom. The number of likely N-dealkylation sites (N-methyl/N-ethyl adjacent to an activating group) is 2. The van der Waals surface area contributed by atoms with Gasteiger partial charge in [0.05, 0.1) is 24.2 Å². The molecule has 1 aromatic heterocycles. The molecule has 1 aromatic rings. The number of carbonyl (C=O) groups excluding carboxylic acids is 2. The summed E-state index contributed by atoms with van der Waals surface area (Å²) < 4.78 is 0. The summed E-state index contributed by atoms with van der Waals surface area (Å²) in [6.07, 6.45) is 3.05. The molecule has 0 fully saturated rings. The van der Waals surface area contributed by atoms with Gasteiger partial charge in [0.1, 0.15) is 0 Å². The summed E-state index contributed by atoms with van der Waals surface area (Å²) in [5, 5.41) is 2.68. The number of hydrogen-bond donors (Lipinski definition) is 2. The van der Waals surface area contributed by atoms with Crippen LogP contribution in [0.5, 0.6) is 0 Å². The van der Waals surface area contributed by atoms with Gasteiger partial charge in [0.25, 0.3) is 5.91 Å². The van der Waals surface area contributed by atoms with Crippen LogP contribution in [0.1, 0.15) is 29.8 Å². The minimum Gasteiger partial charge on any atom is -0.355 e. The third kappa shape index (κ3) is 4.89. The maximum Gasteiger partial charge on any atom is 0.255 e. The van der Waals surface area contributed by atoms with Gasteiger partial charge in [0.15, 0.2) is 0 Å². The fraction of sp³-hybridized carbons (Fsp3) is 0.400. The van der Waals surface area contributed by atoms with Crippen molar-refractivity contribution in [3.8, 4) is 11.8 Å². The van der Waals surface area contributed by atoms with Gasteiger partial charge >= 0.3 is 0 Å². The van der Waals surface area contributed by atoms with E-state index in [0.717, 1.165) is 0 Å². The summed E-state index contributed by atoms with van der Waals surface area (Å²) in [4.78, 5) is 29.6. The van der Waals surface area contributed by atoms with E-state index in [1.54, 1.807) is 6.07 Å². The average molecular weight is 288 g/mol. The van der Waals surface area contributed by atoms with Gasteiger partial charge in [-0.3, -0.25) is 14.6 Å². The summed E-state index contributed by atoms with van der Waals surface area (Å²) in [5.74, 6) is 5.10. The van der Waals surface area contributed by atoms with E-state index < -0.39 is 0 Å². The number of carbonyl (C=O) groups is 2. The summed E-state index contributed by atoms with van der Waals surface area (Å²) in [7, 11) is 0. The largest absolute Gasteiger partial charge is 0.355 e. The van der Waals surface area contributed by atoms with Crippen LogP contribution in [0.15, 0.2) is 18.5 Å². The van der Waals surface area contributed by atoms with Gasteiger partial charge in [-0.2, -0.15) is 0 Å². The molecule has 1 heterocycles. The molecule has 0 atom stereocenters. The molecule has 6 nitrogen and oxygen atoms in total. The van der Waals surface area contributed by atoms with Crippen LogP contribution >= 0.6 is 0 Å². The van der Waals surface area contributed by atoms with Gasteiger partial charge in [0, 0.05) is 25.5 Å². The Labute approximate surface area is 124 Å². The molecule has 0 bridgehead atoms. The number of nitrogens with two attached hydrogens (primary N) is 1. The minimum absolute atomic E-state index is 0.0231. The van der Waals surface area contributed by atoms with Crippen LogP contribution in [0, 0.1) is 11.8 Å². The predicted octanol–water partition coefficient (Wildman–Crippen LogP) is -0.01000. The van der Waals surface area contributed by atoms with Crippen molar-refractivity contribution in [2.75, 3.05) is 26.2 Å². The average Bonchev–Trinajstić information content (AvgIpc) is 2.50. The first kappa shape index (κ1) is 16.7. The molecule has 2 amide bonds. The van der Waals surface area contributed by atoms with E-state index in [1.807, 2.05) is 13.8 Å². The Hall–Kier alpha value is -2.39. The van der Waals surface area contributed by atoms with E-state index in [9.17, 15) is 9.59 Å². The van der Waals surface area contributed by atoms with Crippen LogP contribution < -0.4 is 11.1 Å². The zero-order valence-corrected chi connectivity index (χ0v) is 12.3. The lowest BCUT2D eigenvalue weighted by molar-refractivity contribution is -0.121. The Kier molecular flexibility index (Phi) is 6.92. The van der Waals surface area contributed by atoms with Gasteiger partial charge in [-0.15, -0.1) is 0 Å². The molecule has 112 valence electrons. The van der Waals surface area contributed by atoms with Gasteiger partial charge in [-0.1, -0.05) is 11.8 Å². The highest BCUT2D eigenvalue weighted by molar-refractivity contribution is 5.98. The molecule has 1 rings (SSSR count). The summed E-state index contributed by atoms with van der Waals surface area (Å²) >= 11 is 0. The molecule has 0 spiro atoms. The molecule has 21 heavy (non-hydrogen) atoms. The van der Waals surface area contributed by atoms with E-state index >= 15 is 0 Å². The fourth-order valence-corrected chi connectivity index (χ4v) is 1.75. The number of pyridine rings is 1. The molecule has 0 unspecified atom stereocenters. The van der Waals surface area contributed by atoms with Crippen LogP contribution in [-0.2, 0) is 4.79 Å². The summed E-state index contributed by atoms with van der Waals surface area (Å²) in [6, 6.07) is 1.60. The topological polar surface area (TPSA) is 88.3 Å². The summed E-state index contributed by atoms with van der Waals surface area (Å²) in [6.45, 7) is 4.85. The number of aromatic nitrogens is 1. The lowest BCUT2D eigenvalue weighted by Crippen LogP contribution is -2.40. The smallest absolute Gasteiger partial charge is 0.255 e. The number of rotatable bonds is 5. The molecule has 0 saturated heterocycles. The standard InChI is InChI=1S/C15H20N4O2/c1-3-18-14(20)11-19(4-2)15(21)13-7-9-17-10-12(13)6-5-8-16/h7,9-10H,3-4,8,11,16H2,1-2H3,(H,18,20). The molecule has 3 N–H and O–H groups in total. The van der Waals surface area contributed by atoms with E-state index in [2.05, 4.69) is 22.1 Å². The number of nitrogens with one attached hydrogen (secondary N) is 1. The highest BCUT2D eigenvalue weighted by atomic mass is 16.2. The first-order valence-electron chi connectivity index (χ1n) is 6.82. The van der Waals surface area contributed by atoms with Crippen molar-refractivity contribution < 1.29 is 9.59 Å². The van der Waals surface area contributed by atoms with E-state index in [1.165, 1.54) is 17.3 Å². The first-order chi connectivity index (χ1) is 10.1. The molecule has 0 aliphatic carbocycles. The molecule has 0 radical (unpaired) electrons. The van der Waals surface area contributed by atoms with Gasteiger partial charge < -0.3 is 16.0 Å². The highest BCUT2D eigenvalue weighted by Gasteiger charge is 2.19. The van der Waals surface area contributed by atoms with Crippen LogP contribution in [0.4, 0.5) is 0 Å². The van der Waals surface area contributed by atoms with Crippen molar-refractivity contribution in [1.82, 2.24) is 15.2 Å². The molecular formula is C15H20N4O2. The van der Waals surface area contributed by atoms with Crippen molar-refractivity contribution in [2.24, 2.45) is 5.73 Å². The zero-order chi connectivity index (χ0) is 15.7. The second-order valence-electron chi connectivity index (χ2n) is 4.20. The molecule has 6 heteroatoms. The molecule has 0 aromatic carbocycles. The zero-order valence-electron chi connectivity index (χ0n) is 12.3. The second kappa shape index (κ2) is 8.72. The highest BCUT2D eigenvalue weighted by Crippen LogP contribution is 2.09. The lowest BCUT2D eigenvalue weighted by Gasteiger charge is -2.20. The van der Waals surface area contributed by atoms with Gasteiger partial charge in [-0.05, 0) is 19.9 Å². The van der Waals surface area contributed by atoms with E-state index in [0.29, 0.717) is 24.2 Å². The maximum absolute atomic E-state index is 12.5. The lowest BCUT2D eigenvalue weighted by atomic mass is 10.1. The minimum atomic E-state index is -0.243. The number of nitrogens with zero attached hydrogens (tertiary/aromatic N) is 2. The predicted molar refractivity (Wildman–Crippen MR) is 80.4 cm³/mol. The van der Waals surface area contributed by atoms with Gasteiger partial charge in [-0.25, -0.2) is 0 Å². The van der Waals surface area contributed by atoms with Crippen molar-refractivity contribution in [3.63, 3.8) is 0 Å². The maximum atomic E-state index is 12.5. The SMILES string of the molecule is CCNC(=O)CN(CC)C(=O)c1ccncc1C#CCN. The van der Waals surface area contributed by atoms with Gasteiger partial charge in [0.2, 0.25) is 5.91 Å². The molecular weight excluding hydrogens is 268 g/mol. The second-order valence-corrected chi connectivity index (χ2v) is 4.20. The van der Waals surface area contributed by atoms with E-state index in [-0.39, 0.29) is 24.9 Å². The first-order valence-corrected chi connectivity index (χ1v) is 6.82. The van der Waals surface area contributed by atoms with Crippen LogP contribution in [0.2, 0.25) is 0 Å². The fourth-order valence-electron chi connectivity index (χ4n) is 1.75. The van der Waals surface area contributed by atoms with Crippen LogP contribution in [-0.4, -0.2) is 47.9 Å². The van der Waals surface area contributed by atoms with Crippen LogP contribution in [0.25, 0.3) is 0 Å². The Balaban J connectivity index is 2.97. The number of hydrogen-bond acceptors (Lipinski definition) is 4. The Morgan fingerprint density at radius 2 is 2.19 bits per heavy atom. The number of amides is 2. The third-order valence-electron chi connectivity index (χ3n) is 2.75. The summed E-state index contributed by atoms with van der Waals surface area (Å²) in [5.41, 5.74) is 6.29. The van der Waals surface area contributed by atoms with Crippen molar-refractivity contribution in [1.29, 1.82) is 0 Å². The molecule has 0 aliphatic heterocycles. The third-order valence-corrected chi connectivity index (χ3v) is 2.75. The Bertz CT molecular complexity index is 560. The normalized spacial score (nSPS) is 9.48.